The second-order valence-corrected chi connectivity index (χ2v) is 4.76. The molecule has 0 spiro atoms. The van der Waals surface area contributed by atoms with Gasteiger partial charge >= 0.3 is 5.97 Å². The molecule has 0 atom stereocenters. The van der Waals surface area contributed by atoms with Crippen LogP contribution in [0.3, 0.4) is 0 Å². The van der Waals surface area contributed by atoms with Gasteiger partial charge in [0.25, 0.3) is 0 Å². The molecular formula is C16H16FNO2. The van der Waals surface area contributed by atoms with Gasteiger partial charge in [-0.15, -0.1) is 0 Å². The Morgan fingerprint density at radius 3 is 2.45 bits per heavy atom. The summed E-state index contributed by atoms with van der Waals surface area (Å²) in [6.45, 7) is 2.40. The van der Waals surface area contributed by atoms with Crippen LogP contribution in [0, 0.1) is 12.7 Å². The quantitative estimate of drug-likeness (QED) is 0.927. The van der Waals surface area contributed by atoms with Crippen molar-refractivity contribution in [2.75, 3.05) is 11.9 Å². The number of carboxylic acids is 1. The predicted molar refractivity (Wildman–Crippen MR) is 76.6 cm³/mol. The highest BCUT2D eigenvalue weighted by Crippen LogP contribution is 2.25. The molecule has 1 N–H and O–H groups in total. The molecule has 20 heavy (non-hydrogen) atoms. The molecule has 0 radical (unpaired) electrons. The number of aryl methyl sites for hydroxylation is 1. The molecule has 2 aromatic rings. The molecule has 2 aromatic carbocycles. The van der Waals surface area contributed by atoms with Gasteiger partial charge in [-0.2, -0.15) is 0 Å². The van der Waals surface area contributed by atoms with Gasteiger partial charge in [-0.05, 0) is 36.2 Å². The van der Waals surface area contributed by atoms with E-state index in [1.807, 2.05) is 24.9 Å². The molecule has 0 aliphatic heterocycles. The van der Waals surface area contributed by atoms with Gasteiger partial charge in [0.2, 0.25) is 0 Å². The third-order valence-corrected chi connectivity index (χ3v) is 3.18. The number of hydrogen-bond donors (Lipinski definition) is 1. The minimum atomic E-state index is -0.949. The molecule has 0 aliphatic rings. The first-order chi connectivity index (χ1) is 9.49. The SMILES string of the molecule is Cc1cccc(C(=O)O)c1N(C)Cc1ccc(F)cc1. The Morgan fingerprint density at radius 1 is 1.20 bits per heavy atom. The van der Waals surface area contributed by atoms with Crippen LogP contribution < -0.4 is 4.90 Å². The maximum atomic E-state index is 12.9. The van der Waals surface area contributed by atoms with Crippen LogP contribution in [0.1, 0.15) is 21.5 Å². The van der Waals surface area contributed by atoms with E-state index in [1.54, 1.807) is 24.3 Å². The molecule has 0 amide bonds. The standard InChI is InChI=1S/C16H16FNO2/c1-11-4-3-5-14(16(19)20)15(11)18(2)10-12-6-8-13(17)9-7-12/h3-9H,10H2,1-2H3,(H,19,20). The zero-order valence-corrected chi connectivity index (χ0v) is 11.4. The second-order valence-electron chi connectivity index (χ2n) is 4.76. The molecule has 0 unspecified atom stereocenters. The van der Waals surface area contributed by atoms with E-state index in [1.165, 1.54) is 12.1 Å². The Morgan fingerprint density at radius 2 is 1.85 bits per heavy atom. The summed E-state index contributed by atoms with van der Waals surface area (Å²) in [5, 5.41) is 9.27. The molecule has 0 fully saturated rings. The summed E-state index contributed by atoms with van der Waals surface area (Å²) in [5.74, 6) is -1.23. The first-order valence-electron chi connectivity index (χ1n) is 6.27. The van der Waals surface area contributed by atoms with E-state index in [0.29, 0.717) is 12.2 Å². The largest absolute Gasteiger partial charge is 0.478 e. The number of para-hydroxylation sites is 1. The number of halogens is 1. The van der Waals surface area contributed by atoms with Gasteiger partial charge in [0.05, 0.1) is 11.3 Å². The second kappa shape index (κ2) is 5.74. The highest BCUT2D eigenvalue weighted by molar-refractivity contribution is 5.95. The lowest BCUT2D eigenvalue weighted by Crippen LogP contribution is -2.20. The Hall–Kier alpha value is -2.36. The maximum absolute atomic E-state index is 12.9. The van der Waals surface area contributed by atoms with Gasteiger partial charge in [-0.1, -0.05) is 24.3 Å². The van der Waals surface area contributed by atoms with E-state index in [9.17, 15) is 14.3 Å². The van der Waals surface area contributed by atoms with E-state index in [0.717, 1.165) is 11.1 Å². The molecule has 4 heteroatoms. The Balaban J connectivity index is 2.31. The Kier molecular flexibility index (Phi) is 4.03. The van der Waals surface area contributed by atoms with Crippen LogP contribution in [0.2, 0.25) is 0 Å². The normalized spacial score (nSPS) is 10.3. The fraction of sp³-hybridized carbons (Fsp3) is 0.188. The lowest BCUT2D eigenvalue weighted by Gasteiger charge is -2.23. The number of rotatable bonds is 4. The van der Waals surface area contributed by atoms with Crippen molar-refractivity contribution < 1.29 is 14.3 Å². The fourth-order valence-electron chi connectivity index (χ4n) is 2.28. The summed E-state index contributed by atoms with van der Waals surface area (Å²) in [6, 6.07) is 11.4. The minimum Gasteiger partial charge on any atom is -0.478 e. The molecule has 104 valence electrons. The highest BCUT2D eigenvalue weighted by atomic mass is 19.1. The van der Waals surface area contributed by atoms with Crippen molar-refractivity contribution in [3.63, 3.8) is 0 Å². The monoisotopic (exact) mass is 273 g/mol. The summed E-state index contributed by atoms with van der Waals surface area (Å²) < 4.78 is 12.9. The van der Waals surface area contributed by atoms with E-state index in [-0.39, 0.29) is 11.4 Å². The summed E-state index contributed by atoms with van der Waals surface area (Å²) in [4.78, 5) is 13.2. The summed E-state index contributed by atoms with van der Waals surface area (Å²) in [7, 11) is 1.83. The molecule has 3 nitrogen and oxygen atoms in total. The highest BCUT2D eigenvalue weighted by Gasteiger charge is 2.15. The molecular weight excluding hydrogens is 257 g/mol. The smallest absolute Gasteiger partial charge is 0.337 e. The van der Waals surface area contributed by atoms with Crippen LogP contribution in [0.25, 0.3) is 0 Å². The van der Waals surface area contributed by atoms with Crippen molar-refractivity contribution in [2.45, 2.75) is 13.5 Å². The first kappa shape index (κ1) is 14.1. The van der Waals surface area contributed by atoms with Crippen molar-refractivity contribution in [2.24, 2.45) is 0 Å². The number of anilines is 1. The number of carboxylic acid groups (broad SMARTS) is 1. The van der Waals surface area contributed by atoms with Crippen molar-refractivity contribution in [1.29, 1.82) is 0 Å². The van der Waals surface area contributed by atoms with E-state index in [2.05, 4.69) is 0 Å². The number of benzene rings is 2. The fourth-order valence-corrected chi connectivity index (χ4v) is 2.28. The third-order valence-electron chi connectivity index (χ3n) is 3.18. The van der Waals surface area contributed by atoms with E-state index < -0.39 is 5.97 Å². The lowest BCUT2D eigenvalue weighted by atomic mass is 10.1. The lowest BCUT2D eigenvalue weighted by molar-refractivity contribution is 0.0697. The molecule has 0 aromatic heterocycles. The van der Waals surface area contributed by atoms with Gasteiger partial charge < -0.3 is 10.0 Å². The van der Waals surface area contributed by atoms with Gasteiger partial charge in [0.15, 0.2) is 0 Å². The molecule has 0 heterocycles. The van der Waals surface area contributed by atoms with Crippen molar-refractivity contribution in [1.82, 2.24) is 0 Å². The molecule has 0 aliphatic carbocycles. The molecule has 0 saturated carbocycles. The number of carbonyl (C=O) groups is 1. The zero-order chi connectivity index (χ0) is 14.7. The average molecular weight is 273 g/mol. The van der Waals surface area contributed by atoms with Crippen molar-refractivity contribution in [3.05, 3.63) is 65.0 Å². The van der Waals surface area contributed by atoms with E-state index in [4.69, 9.17) is 0 Å². The van der Waals surface area contributed by atoms with Gasteiger partial charge in [0, 0.05) is 13.6 Å². The topological polar surface area (TPSA) is 40.5 Å². The Bertz CT molecular complexity index is 623. The zero-order valence-electron chi connectivity index (χ0n) is 11.4. The van der Waals surface area contributed by atoms with E-state index >= 15 is 0 Å². The minimum absolute atomic E-state index is 0.273. The van der Waals surface area contributed by atoms with Crippen molar-refractivity contribution >= 4 is 11.7 Å². The van der Waals surface area contributed by atoms with Gasteiger partial charge in [0.1, 0.15) is 5.82 Å². The predicted octanol–water partition coefficient (Wildman–Crippen LogP) is 3.47. The number of aromatic carboxylic acids is 1. The number of hydrogen-bond acceptors (Lipinski definition) is 2. The van der Waals surface area contributed by atoms with Crippen LogP contribution in [-0.4, -0.2) is 18.1 Å². The van der Waals surface area contributed by atoms with Crippen molar-refractivity contribution in [3.8, 4) is 0 Å². The average Bonchev–Trinajstić information content (AvgIpc) is 2.40. The van der Waals surface area contributed by atoms with Crippen LogP contribution in [0.4, 0.5) is 10.1 Å². The van der Waals surface area contributed by atoms with Crippen LogP contribution in [-0.2, 0) is 6.54 Å². The van der Waals surface area contributed by atoms with Crippen LogP contribution >= 0.6 is 0 Å². The molecule has 0 bridgehead atoms. The molecule has 0 saturated heterocycles. The Labute approximate surface area is 117 Å². The third kappa shape index (κ3) is 2.96. The summed E-state index contributed by atoms with van der Waals surface area (Å²) in [5.41, 5.74) is 2.78. The van der Waals surface area contributed by atoms with Crippen LogP contribution in [0.5, 0.6) is 0 Å². The summed E-state index contributed by atoms with van der Waals surface area (Å²) >= 11 is 0. The van der Waals surface area contributed by atoms with Gasteiger partial charge in [-0.25, -0.2) is 9.18 Å². The molecule has 2 rings (SSSR count). The first-order valence-corrected chi connectivity index (χ1v) is 6.27. The van der Waals surface area contributed by atoms with Crippen LogP contribution in [0.15, 0.2) is 42.5 Å². The van der Waals surface area contributed by atoms with Gasteiger partial charge in [-0.3, -0.25) is 0 Å². The summed E-state index contributed by atoms with van der Waals surface area (Å²) in [6.07, 6.45) is 0. The maximum Gasteiger partial charge on any atom is 0.337 e. The number of nitrogens with zero attached hydrogens (tertiary/aromatic N) is 1.